The zero-order valence-electron chi connectivity index (χ0n) is 14.3. The number of ether oxygens (including phenoxy) is 1. The van der Waals surface area contributed by atoms with E-state index in [2.05, 4.69) is 10.4 Å². The van der Waals surface area contributed by atoms with Crippen molar-refractivity contribution in [3.63, 3.8) is 0 Å². The minimum absolute atomic E-state index is 0.0704. The fraction of sp³-hybridized carbons (Fsp3) is 0.222. The number of hydrogen-bond donors (Lipinski definition) is 1. The minimum Gasteiger partial charge on any atom is -0.458 e. The van der Waals surface area contributed by atoms with Gasteiger partial charge in [0.15, 0.2) is 5.76 Å². The molecule has 2 heterocycles. The number of rotatable bonds is 6. The van der Waals surface area contributed by atoms with Gasteiger partial charge in [0.2, 0.25) is 0 Å². The molecule has 0 spiro atoms. The van der Waals surface area contributed by atoms with E-state index in [0.29, 0.717) is 16.5 Å². The minimum atomic E-state index is -3.04. The van der Waals surface area contributed by atoms with Gasteiger partial charge >= 0.3 is 12.0 Å². The summed E-state index contributed by atoms with van der Waals surface area (Å²) in [5, 5.41) is 7.14. The molecule has 0 aliphatic heterocycles. The van der Waals surface area contributed by atoms with Gasteiger partial charge in [0.05, 0.1) is 18.4 Å². The number of hydrogen-bond acceptors (Lipinski definition) is 4. The molecule has 0 unspecified atom stereocenters. The van der Waals surface area contributed by atoms with Gasteiger partial charge in [-0.05, 0) is 29.8 Å². The molecule has 142 valence electrons. The molecule has 27 heavy (non-hydrogen) atoms. The number of nitrogens with zero attached hydrogens (tertiary/aromatic N) is 2. The van der Waals surface area contributed by atoms with E-state index < -0.39 is 17.8 Å². The van der Waals surface area contributed by atoms with Gasteiger partial charge in [0, 0.05) is 18.1 Å². The number of aromatic nitrogens is 2. The highest BCUT2D eigenvalue weighted by molar-refractivity contribution is 6.30. The standard InChI is InChI=1S/C18H16ClF2N3O3/c1-18(20,21)16-6-5-15(27-16)10-24-9-14(8-22-24)23-17(25)26-11-12-3-2-4-13(19)7-12/h2-9H,10-11H2,1H3,(H,23,25). The van der Waals surface area contributed by atoms with Gasteiger partial charge in [-0.2, -0.15) is 13.9 Å². The van der Waals surface area contributed by atoms with E-state index in [9.17, 15) is 13.6 Å². The summed E-state index contributed by atoms with van der Waals surface area (Å²) in [6.07, 6.45) is 2.30. The molecule has 3 aromatic rings. The van der Waals surface area contributed by atoms with Gasteiger partial charge in [-0.3, -0.25) is 10.00 Å². The number of furan rings is 1. The van der Waals surface area contributed by atoms with E-state index in [1.807, 2.05) is 0 Å². The number of benzene rings is 1. The molecule has 1 aromatic carbocycles. The van der Waals surface area contributed by atoms with Crippen LogP contribution < -0.4 is 5.32 Å². The Hall–Kier alpha value is -2.87. The SMILES string of the molecule is CC(F)(F)c1ccc(Cn2cc(NC(=O)OCc3cccc(Cl)c3)cn2)o1. The van der Waals surface area contributed by atoms with Crippen molar-refractivity contribution in [3.05, 3.63) is 70.9 Å². The Morgan fingerprint density at radius 2 is 2.19 bits per heavy atom. The summed E-state index contributed by atoms with van der Waals surface area (Å²) in [5.74, 6) is -3.13. The third kappa shape index (κ3) is 5.30. The third-order valence-electron chi connectivity index (χ3n) is 3.55. The fourth-order valence-electron chi connectivity index (χ4n) is 2.30. The van der Waals surface area contributed by atoms with Crippen LogP contribution in [0.25, 0.3) is 0 Å². The number of nitrogens with one attached hydrogen (secondary N) is 1. The molecular formula is C18H16ClF2N3O3. The van der Waals surface area contributed by atoms with Gasteiger partial charge in [-0.1, -0.05) is 23.7 Å². The molecule has 0 fully saturated rings. The first kappa shape index (κ1) is 18.9. The first-order chi connectivity index (χ1) is 12.8. The topological polar surface area (TPSA) is 69.3 Å². The van der Waals surface area contributed by atoms with Crippen molar-refractivity contribution < 1.29 is 22.7 Å². The molecule has 1 N–H and O–H groups in total. The van der Waals surface area contributed by atoms with Crippen LogP contribution in [0, 0.1) is 0 Å². The second-order valence-corrected chi connectivity index (χ2v) is 6.35. The van der Waals surface area contributed by atoms with Crippen LogP contribution in [-0.2, 0) is 23.8 Å². The van der Waals surface area contributed by atoms with Crippen LogP contribution in [0.3, 0.4) is 0 Å². The van der Waals surface area contributed by atoms with Crippen LogP contribution in [0.1, 0.15) is 24.0 Å². The Labute approximate surface area is 158 Å². The second kappa shape index (κ2) is 7.79. The monoisotopic (exact) mass is 395 g/mol. The summed E-state index contributed by atoms with van der Waals surface area (Å²) >= 11 is 5.87. The van der Waals surface area contributed by atoms with Crippen LogP contribution in [0.4, 0.5) is 19.3 Å². The first-order valence-electron chi connectivity index (χ1n) is 7.97. The van der Waals surface area contributed by atoms with Gasteiger partial charge in [0.25, 0.3) is 0 Å². The van der Waals surface area contributed by atoms with E-state index in [4.69, 9.17) is 20.8 Å². The number of halogens is 3. The van der Waals surface area contributed by atoms with Crippen LogP contribution in [-0.4, -0.2) is 15.9 Å². The lowest BCUT2D eigenvalue weighted by Crippen LogP contribution is -2.13. The lowest BCUT2D eigenvalue weighted by Gasteiger charge is -2.06. The lowest BCUT2D eigenvalue weighted by molar-refractivity contribution is -0.00636. The molecular weight excluding hydrogens is 380 g/mol. The van der Waals surface area contributed by atoms with Crippen LogP contribution in [0.15, 0.2) is 53.2 Å². The zero-order chi connectivity index (χ0) is 19.4. The third-order valence-corrected chi connectivity index (χ3v) is 3.79. The molecule has 0 aliphatic carbocycles. The Kier molecular flexibility index (Phi) is 5.46. The average molecular weight is 396 g/mol. The second-order valence-electron chi connectivity index (χ2n) is 5.91. The highest BCUT2D eigenvalue weighted by Gasteiger charge is 2.28. The van der Waals surface area contributed by atoms with Gasteiger partial charge < -0.3 is 9.15 Å². The molecule has 0 atom stereocenters. The molecule has 1 amide bonds. The van der Waals surface area contributed by atoms with Crippen LogP contribution >= 0.6 is 11.6 Å². The quantitative estimate of drug-likeness (QED) is 0.635. The van der Waals surface area contributed by atoms with Crippen molar-refractivity contribution in [2.45, 2.75) is 26.0 Å². The first-order valence-corrected chi connectivity index (χ1v) is 8.35. The van der Waals surface area contributed by atoms with E-state index >= 15 is 0 Å². The van der Waals surface area contributed by atoms with Crippen molar-refractivity contribution in [2.24, 2.45) is 0 Å². The highest BCUT2D eigenvalue weighted by Crippen LogP contribution is 2.28. The number of alkyl halides is 2. The number of carbonyl (C=O) groups excluding carboxylic acids is 1. The van der Waals surface area contributed by atoms with Crippen molar-refractivity contribution in [1.82, 2.24) is 9.78 Å². The Balaban J connectivity index is 1.53. The normalized spacial score (nSPS) is 11.4. The fourth-order valence-corrected chi connectivity index (χ4v) is 2.52. The van der Waals surface area contributed by atoms with Crippen LogP contribution in [0.5, 0.6) is 0 Å². The van der Waals surface area contributed by atoms with Crippen molar-refractivity contribution in [3.8, 4) is 0 Å². The molecule has 0 bridgehead atoms. The summed E-state index contributed by atoms with van der Waals surface area (Å²) in [4.78, 5) is 11.8. The average Bonchev–Trinajstić information content (AvgIpc) is 3.23. The van der Waals surface area contributed by atoms with Gasteiger partial charge in [-0.25, -0.2) is 4.79 Å². The number of amides is 1. The van der Waals surface area contributed by atoms with E-state index in [-0.39, 0.29) is 13.2 Å². The predicted octanol–water partition coefficient (Wildman–Crippen LogP) is 5.04. The maximum Gasteiger partial charge on any atom is 0.412 e. The Morgan fingerprint density at radius 3 is 2.89 bits per heavy atom. The summed E-state index contributed by atoms with van der Waals surface area (Å²) in [6.45, 7) is 0.983. The molecule has 0 radical (unpaired) electrons. The molecule has 6 nitrogen and oxygen atoms in total. The summed E-state index contributed by atoms with van der Waals surface area (Å²) < 4.78 is 38.0. The summed E-state index contributed by atoms with van der Waals surface area (Å²) in [6, 6.07) is 9.66. The predicted molar refractivity (Wildman–Crippen MR) is 94.9 cm³/mol. The number of anilines is 1. The zero-order valence-corrected chi connectivity index (χ0v) is 15.0. The summed E-state index contributed by atoms with van der Waals surface area (Å²) in [5.41, 5.74) is 1.16. The maximum absolute atomic E-state index is 13.2. The highest BCUT2D eigenvalue weighted by atomic mass is 35.5. The maximum atomic E-state index is 13.2. The molecule has 3 rings (SSSR count). The van der Waals surface area contributed by atoms with E-state index in [1.165, 1.54) is 29.2 Å². The van der Waals surface area contributed by atoms with Crippen molar-refractivity contribution in [2.75, 3.05) is 5.32 Å². The lowest BCUT2D eigenvalue weighted by atomic mass is 10.2. The number of carbonyl (C=O) groups is 1. The molecule has 0 aliphatic rings. The smallest absolute Gasteiger partial charge is 0.412 e. The summed E-state index contributed by atoms with van der Waals surface area (Å²) in [7, 11) is 0. The van der Waals surface area contributed by atoms with Gasteiger partial charge in [-0.15, -0.1) is 0 Å². The van der Waals surface area contributed by atoms with Gasteiger partial charge in [0.1, 0.15) is 12.4 Å². The van der Waals surface area contributed by atoms with Crippen LogP contribution in [0.2, 0.25) is 5.02 Å². The van der Waals surface area contributed by atoms with E-state index in [1.54, 1.807) is 24.3 Å². The van der Waals surface area contributed by atoms with Crippen molar-refractivity contribution in [1.29, 1.82) is 0 Å². The Morgan fingerprint density at radius 1 is 1.37 bits per heavy atom. The molecule has 0 saturated carbocycles. The van der Waals surface area contributed by atoms with E-state index in [0.717, 1.165) is 12.5 Å². The van der Waals surface area contributed by atoms with Crippen molar-refractivity contribution >= 4 is 23.4 Å². The molecule has 0 saturated heterocycles. The molecule has 2 aromatic heterocycles. The molecule has 9 heteroatoms. The Bertz CT molecular complexity index is 934. The largest absolute Gasteiger partial charge is 0.458 e.